The number of ether oxygens (including phenoxy) is 1. The maximum Gasteiger partial charge on any atom is 0.223 e. The van der Waals surface area contributed by atoms with Gasteiger partial charge >= 0.3 is 0 Å². The third-order valence-corrected chi connectivity index (χ3v) is 5.47. The van der Waals surface area contributed by atoms with Gasteiger partial charge in [0.1, 0.15) is 11.6 Å². The summed E-state index contributed by atoms with van der Waals surface area (Å²) in [5.41, 5.74) is 0. The van der Waals surface area contributed by atoms with E-state index < -0.39 is 0 Å². The largest absolute Gasteiger partial charge is 0.493 e. The number of hydrogen-bond acceptors (Lipinski definition) is 5. The molecule has 2 aromatic rings. The fourth-order valence-electron chi connectivity index (χ4n) is 2.72. The first-order chi connectivity index (χ1) is 12.5. The molecule has 1 fully saturated rings. The Morgan fingerprint density at radius 3 is 2.77 bits per heavy atom. The van der Waals surface area contributed by atoms with E-state index in [1.54, 1.807) is 12.1 Å². The predicted molar refractivity (Wildman–Crippen MR) is 97.5 cm³/mol. The lowest BCUT2D eigenvalue weighted by Crippen LogP contribution is -2.36. The van der Waals surface area contributed by atoms with Crippen molar-refractivity contribution in [1.82, 2.24) is 20.1 Å². The molecule has 8 heteroatoms. The van der Waals surface area contributed by atoms with E-state index in [0.29, 0.717) is 18.1 Å². The van der Waals surface area contributed by atoms with E-state index in [4.69, 9.17) is 4.74 Å². The van der Waals surface area contributed by atoms with Crippen molar-refractivity contribution in [3.63, 3.8) is 0 Å². The summed E-state index contributed by atoms with van der Waals surface area (Å²) in [4.78, 5) is 12.1. The number of nitrogens with zero attached hydrogens (tertiary/aromatic N) is 3. The topological polar surface area (TPSA) is 69.0 Å². The monoisotopic (exact) mass is 378 g/mol. The van der Waals surface area contributed by atoms with Crippen LogP contribution in [0.2, 0.25) is 0 Å². The average Bonchev–Trinajstić information content (AvgIpc) is 2.92. The number of nitrogens with one attached hydrogen (secondary N) is 1. The summed E-state index contributed by atoms with van der Waals surface area (Å²) < 4.78 is 20.3. The molecule has 6 nitrogen and oxygen atoms in total. The highest BCUT2D eigenvalue weighted by molar-refractivity contribution is 7.99. The van der Waals surface area contributed by atoms with Gasteiger partial charge in [0.15, 0.2) is 11.0 Å². The molecule has 1 heterocycles. The van der Waals surface area contributed by atoms with Crippen molar-refractivity contribution in [2.24, 2.45) is 13.0 Å². The minimum absolute atomic E-state index is 0.105. The van der Waals surface area contributed by atoms with E-state index in [-0.39, 0.29) is 23.7 Å². The van der Waals surface area contributed by atoms with Crippen LogP contribution in [-0.2, 0) is 11.8 Å². The number of carbonyl (C=O) groups is 1. The smallest absolute Gasteiger partial charge is 0.223 e. The Morgan fingerprint density at radius 2 is 2.12 bits per heavy atom. The molecule has 1 aromatic heterocycles. The fourth-order valence-corrected chi connectivity index (χ4v) is 3.45. The van der Waals surface area contributed by atoms with Crippen molar-refractivity contribution >= 4 is 17.7 Å². The average molecular weight is 378 g/mol. The van der Waals surface area contributed by atoms with Crippen LogP contribution in [0, 0.1) is 11.7 Å². The summed E-state index contributed by atoms with van der Waals surface area (Å²) in [5, 5.41) is 12.2. The number of thioether (sulfide) groups is 1. The third-order valence-electron chi connectivity index (χ3n) is 4.49. The van der Waals surface area contributed by atoms with E-state index in [1.165, 1.54) is 23.9 Å². The maximum absolute atomic E-state index is 12.9. The summed E-state index contributed by atoms with van der Waals surface area (Å²) >= 11 is 1.53. The molecule has 1 N–H and O–H groups in total. The summed E-state index contributed by atoms with van der Waals surface area (Å²) in [5.74, 6) is 2.04. The van der Waals surface area contributed by atoms with Gasteiger partial charge in [-0.25, -0.2) is 4.39 Å². The van der Waals surface area contributed by atoms with Gasteiger partial charge in [-0.2, -0.15) is 0 Å². The van der Waals surface area contributed by atoms with Crippen LogP contribution in [0.25, 0.3) is 0 Å². The number of benzene rings is 1. The number of amides is 1. The Kier molecular flexibility index (Phi) is 6.13. The first-order valence-electron chi connectivity index (χ1n) is 8.75. The molecule has 1 aromatic carbocycles. The molecule has 0 unspecified atom stereocenters. The standard InChI is InChI=1S/C18H23FN4O2S/c1-12(20-17(24)13-4-3-5-13)16-21-22-18(23(16)2)26-11-10-25-15-8-6-14(19)7-9-15/h6-9,12-13H,3-5,10-11H2,1-2H3,(H,20,24)/t12-/m1/s1. The minimum atomic E-state index is -0.281. The number of aromatic nitrogens is 3. The van der Waals surface area contributed by atoms with Crippen LogP contribution in [0.1, 0.15) is 38.1 Å². The summed E-state index contributed by atoms with van der Waals surface area (Å²) in [6.45, 7) is 2.40. The normalized spacial score (nSPS) is 15.3. The second-order valence-electron chi connectivity index (χ2n) is 6.41. The van der Waals surface area contributed by atoms with Crippen molar-refractivity contribution in [3.05, 3.63) is 35.9 Å². The molecule has 1 saturated carbocycles. The highest BCUT2D eigenvalue weighted by Crippen LogP contribution is 2.27. The first kappa shape index (κ1) is 18.7. The molecule has 1 aliphatic carbocycles. The summed E-state index contributed by atoms with van der Waals surface area (Å²) in [7, 11) is 1.89. The Bertz CT molecular complexity index is 746. The van der Waals surface area contributed by atoms with E-state index >= 15 is 0 Å². The van der Waals surface area contributed by atoms with Gasteiger partial charge in [0.2, 0.25) is 5.91 Å². The first-order valence-corrected chi connectivity index (χ1v) is 9.74. The van der Waals surface area contributed by atoms with Crippen molar-refractivity contribution in [2.75, 3.05) is 12.4 Å². The highest BCUT2D eigenvalue weighted by atomic mass is 32.2. The molecule has 26 heavy (non-hydrogen) atoms. The molecular weight excluding hydrogens is 355 g/mol. The quantitative estimate of drug-likeness (QED) is 0.565. The van der Waals surface area contributed by atoms with Gasteiger partial charge in [0.25, 0.3) is 0 Å². The molecule has 0 bridgehead atoms. The molecular formula is C18H23FN4O2S. The molecule has 140 valence electrons. The van der Waals surface area contributed by atoms with E-state index in [1.807, 2.05) is 18.5 Å². The van der Waals surface area contributed by atoms with Gasteiger partial charge in [0.05, 0.1) is 12.6 Å². The molecule has 0 spiro atoms. The second-order valence-corrected chi connectivity index (χ2v) is 7.47. The Morgan fingerprint density at radius 1 is 1.38 bits per heavy atom. The number of halogens is 1. The molecule has 1 atom stereocenters. The van der Waals surface area contributed by atoms with Crippen molar-refractivity contribution < 1.29 is 13.9 Å². The number of carbonyl (C=O) groups excluding carboxylic acids is 1. The molecule has 0 aliphatic heterocycles. The van der Waals surface area contributed by atoms with Crippen molar-refractivity contribution in [3.8, 4) is 5.75 Å². The van der Waals surface area contributed by atoms with Crippen LogP contribution >= 0.6 is 11.8 Å². The molecule has 0 radical (unpaired) electrons. The summed E-state index contributed by atoms with van der Waals surface area (Å²) in [6.07, 6.45) is 3.09. The lowest BCUT2D eigenvalue weighted by atomic mass is 9.84. The zero-order valence-corrected chi connectivity index (χ0v) is 15.8. The highest BCUT2D eigenvalue weighted by Gasteiger charge is 2.27. The summed E-state index contributed by atoms with van der Waals surface area (Å²) in [6, 6.07) is 5.78. The Hall–Kier alpha value is -2.09. The lowest BCUT2D eigenvalue weighted by molar-refractivity contribution is -0.128. The van der Waals surface area contributed by atoms with Crippen LogP contribution in [0.5, 0.6) is 5.75 Å². The van der Waals surface area contributed by atoms with Gasteiger partial charge in [-0.05, 0) is 44.0 Å². The van der Waals surface area contributed by atoms with Crippen LogP contribution in [0.4, 0.5) is 4.39 Å². The molecule has 0 saturated heterocycles. The lowest BCUT2D eigenvalue weighted by Gasteiger charge is -2.25. The number of hydrogen-bond donors (Lipinski definition) is 1. The van der Waals surface area contributed by atoms with Gasteiger partial charge in [-0.15, -0.1) is 10.2 Å². The third kappa shape index (κ3) is 4.55. The second kappa shape index (κ2) is 8.53. The van der Waals surface area contributed by atoms with Crippen molar-refractivity contribution in [2.45, 2.75) is 37.4 Å². The molecule has 1 aliphatic rings. The predicted octanol–water partition coefficient (Wildman–Crippen LogP) is 3.10. The molecule has 3 rings (SSSR count). The fraction of sp³-hybridized carbons (Fsp3) is 0.500. The SMILES string of the molecule is C[C@@H](NC(=O)C1CCC1)c1nnc(SCCOc2ccc(F)cc2)n1C. The van der Waals surface area contributed by atoms with Gasteiger partial charge < -0.3 is 14.6 Å². The van der Waals surface area contributed by atoms with Crippen molar-refractivity contribution in [1.29, 1.82) is 0 Å². The Labute approximate surface area is 156 Å². The zero-order chi connectivity index (χ0) is 18.5. The van der Waals surface area contributed by atoms with Crippen LogP contribution in [0.15, 0.2) is 29.4 Å². The van der Waals surface area contributed by atoms with E-state index in [2.05, 4.69) is 15.5 Å². The van der Waals surface area contributed by atoms with Gasteiger partial charge in [-0.1, -0.05) is 18.2 Å². The Balaban J connectivity index is 1.46. The minimum Gasteiger partial charge on any atom is -0.493 e. The van der Waals surface area contributed by atoms with Gasteiger partial charge in [0, 0.05) is 18.7 Å². The van der Waals surface area contributed by atoms with E-state index in [0.717, 1.165) is 30.2 Å². The van der Waals surface area contributed by atoms with Crippen LogP contribution in [-0.4, -0.2) is 33.0 Å². The number of rotatable bonds is 8. The van der Waals surface area contributed by atoms with Crippen LogP contribution < -0.4 is 10.1 Å². The maximum atomic E-state index is 12.9. The van der Waals surface area contributed by atoms with Gasteiger partial charge in [-0.3, -0.25) is 4.79 Å². The van der Waals surface area contributed by atoms with Crippen LogP contribution in [0.3, 0.4) is 0 Å². The zero-order valence-electron chi connectivity index (χ0n) is 14.9. The molecule has 1 amide bonds. The van der Waals surface area contributed by atoms with E-state index in [9.17, 15) is 9.18 Å².